The molecule has 0 aliphatic heterocycles. The zero-order valence-electron chi connectivity index (χ0n) is 11.3. The average Bonchev–Trinajstić information content (AvgIpc) is 2.37. The van der Waals surface area contributed by atoms with Crippen LogP contribution in [-0.4, -0.2) is 17.7 Å². The van der Waals surface area contributed by atoms with Gasteiger partial charge in [-0.15, -0.1) is 0 Å². The standard InChI is InChI=1S/C14H16F3NO2/c1-3-12(19)9(2)18-13(20)8-10-4-6-11(7-5-10)14(15,16)17/h4-7,9H,3,8H2,1-2H3,(H,18,20). The van der Waals surface area contributed by atoms with E-state index < -0.39 is 17.8 Å². The number of hydrogen-bond acceptors (Lipinski definition) is 2. The van der Waals surface area contributed by atoms with Crippen molar-refractivity contribution in [3.63, 3.8) is 0 Å². The van der Waals surface area contributed by atoms with Crippen molar-refractivity contribution in [2.75, 3.05) is 0 Å². The maximum absolute atomic E-state index is 12.4. The third kappa shape index (κ3) is 4.68. The molecule has 3 nitrogen and oxygen atoms in total. The van der Waals surface area contributed by atoms with Gasteiger partial charge in [-0.3, -0.25) is 9.59 Å². The molecular formula is C14H16F3NO2. The molecule has 1 unspecified atom stereocenters. The second-order valence-corrected chi connectivity index (χ2v) is 4.48. The maximum atomic E-state index is 12.4. The van der Waals surface area contributed by atoms with Crippen molar-refractivity contribution in [1.29, 1.82) is 0 Å². The third-order valence-corrected chi connectivity index (χ3v) is 2.85. The number of hydrogen-bond donors (Lipinski definition) is 1. The molecule has 0 bridgehead atoms. The fourth-order valence-corrected chi connectivity index (χ4v) is 1.68. The molecule has 20 heavy (non-hydrogen) atoms. The SMILES string of the molecule is CCC(=O)C(C)NC(=O)Cc1ccc(C(F)(F)F)cc1. The predicted molar refractivity (Wildman–Crippen MR) is 68.1 cm³/mol. The molecule has 1 aromatic carbocycles. The van der Waals surface area contributed by atoms with Gasteiger partial charge < -0.3 is 5.32 Å². The van der Waals surface area contributed by atoms with Gasteiger partial charge in [0.25, 0.3) is 0 Å². The van der Waals surface area contributed by atoms with Gasteiger partial charge >= 0.3 is 6.18 Å². The quantitative estimate of drug-likeness (QED) is 0.905. The Balaban J connectivity index is 2.61. The van der Waals surface area contributed by atoms with Gasteiger partial charge in [0.1, 0.15) is 0 Å². The Hall–Kier alpha value is -1.85. The van der Waals surface area contributed by atoms with E-state index in [4.69, 9.17) is 0 Å². The highest BCUT2D eigenvalue weighted by Crippen LogP contribution is 2.29. The Morgan fingerprint density at radius 1 is 1.20 bits per heavy atom. The summed E-state index contributed by atoms with van der Waals surface area (Å²) in [5.74, 6) is -0.482. The number of nitrogens with one attached hydrogen (secondary N) is 1. The Morgan fingerprint density at radius 3 is 2.20 bits per heavy atom. The van der Waals surface area contributed by atoms with Crippen LogP contribution in [0.1, 0.15) is 31.4 Å². The molecule has 110 valence electrons. The van der Waals surface area contributed by atoms with Crippen LogP contribution >= 0.6 is 0 Å². The van der Waals surface area contributed by atoms with Crippen LogP contribution in [0.3, 0.4) is 0 Å². The van der Waals surface area contributed by atoms with Gasteiger partial charge in [-0.05, 0) is 24.6 Å². The molecule has 0 saturated heterocycles. The molecule has 1 amide bonds. The first-order chi connectivity index (χ1) is 9.24. The topological polar surface area (TPSA) is 46.2 Å². The first-order valence-corrected chi connectivity index (χ1v) is 6.22. The minimum atomic E-state index is -4.39. The number of benzene rings is 1. The van der Waals surface area contributed by atoms with Gasteiger partial charge in [0.2, 0.25) is 5.91 Å². The highest BCUT2D eigenvalue weighted by atomic mass is 19.4. The maximum Gasteiger partial charge on any atom is 0.416 e. The fourth-order valence-electron chi connectivity index (χ4n) is 1.68. The summed E-state index contributed by atoms with van der Waals surface area (Å²) in [5, 5.41) is 2.51. The second kappa shape index (κ2) is 6.54. The van der Waals surface area contributed by atoms with Crippen molar-refractivity contribution in [2.45, 2.75) is 38.9 Å². The Kier molecular flexibility index (Phi) is 5.30. The van der Waals surface area contributed by atoms with E-state index in [1.54, 1.807) is 13.8 Å². The van der Waals surface area contributed by atoms with E-state index in [9.17, 15) is 22.8 Å². The minimum absolute atomic E-state index is 0.0561. The zero-order valence-corrected chi connectivity index (χ0v) is 11.3. The lowest BCUT2D eigenvalue weighted by Crippen LogP contribution is -2.39. The molecule has 1 aromatic rings. The Labute approximate surface area is 115 Å². The van der Waals surface area contributed by atoms with E-state index >= 15 is 0 Å². The first-order valence-electron chi connectivity index (χ1n) is 6.22. The van der Waals surface area contributed by atoms with Crippen LogP contribution in [0.4, 0.5) is 13.2 Å². The van der Waals surface area contributed by atoms with Crippen LogP contribution in [0.25, 0.3) is 0 Å². The van der Waals surface area contributed by atoms with E-state index in [0.717, 1.165) is 12.1 Å². The normalized spacial score (nSPS) is 12.8. The fraction of sp³-hybridized carbons (Fsp3) is 0.429. The number of Topliss-reactive ketones (excluding diaryl/α,β-unsaturated/α-hetero) is 1. The van der Waals surface area contributed by atoms with Gasteiger partial charge in [-0.2, -0.15) is 13.2 Å². The van der Waals surface area contributed by atoms with Crippen molar-refractivity contribution in [3.05, 3.63) is 35.4 Å². The molecule has 6 heteroatoms. The number of ketones is 1. The van der Waals surface area contributed by atoms with Crippen LogP contribution < -0.4 is 5.32 Å². The second-order valence-electron chi connectivity index (χ2n) is 4.48. The summed E-state index contributed by atoms with van der Waals surface area (Å²) in [5.41, 5.74) is -0.289. The van der Waals surface area contributed by atoms with Crippen molar-refractivity contribution in [1.82, 2.24) is 5.32 Å². The third-order valence-electron chi connectivity index (χ3n) is 2.85. The van der Waals surface area contributed by atoms with E-state index in [1.807, 2.05) is 0 Å². The van der Waals surface area contributed by atoms with Crippen LogP contribution in [0, 0.1) is 0 Å². The molecule has 0 aliphatic rings. The lowest BCUT2D eigenvalue weighted by atomic mass is 10.1. The smallest absolute Gasteiger partial charge is 0.346 e. The van der Waals surface area contributed by atoms with Crippen molar-refractivity contribution < 1.29 is 22.8 Å². The highest BCUT2D eigenvalue weighted by molar-refractivity contribution is 5.89. The lowest BCUT2D eigenvalue weighted by molar-refractivity contribution is -0.137. The molecule has 0 heterocycles. The largest absolute Gasteiger partial charge is 0.416 e. The van der Waals surface area contributed by atoms with Gasteiger partial charge in [0.05, 0.1) is 18.0 Å². The monoisotopic (exact) mass is 287 g/mol. The summed E-state index contributed by atoms with van der Waals surface area (Å²) in [4.78, 5) is 23.0. The summed E-state index contributed by atoms with van der Waals surface area (Å²) in [6, 6.07) is 3.80. The predicted octanol–water partition coefficient (Wildman–Crippen LogP) is 2.73. The van der Waals surface area contributed by atoms with Crippen molar-refractivity contribution >= 4 is 11.7 Å². The summed E-state index contributed by atoms with van der Waals surface area (Å²) in [6.45, 7) is 3.28. The first kappa shape index (κ1) is 16.2. The molecule has 0 aromatic heterocycles. The average molecular weight is 287 g/mol. The molecule has 1 atom stereocenters. The Bertz CT molecular complexity index is 480. The van der Waals surface area contributed by atoms with Crippen LogP contribution in [0.15, 0.2) is 24.3 Å². The minimum Gasteiger partial charge on any atom is -0.346 e. The van der Waals surface area contributed by atoms with Crippen LogP contribution in [-0.2, 0) is 22.2 Å². The molecule has 0 fully saturated rings. The number of halogens is 3. The number of rotatable bonds is 5. The van der Waals surface area contributed by atoms with Gasteiger partial charge in [0, 0.05) is 6.42 Å². The molecule has 0 aliphatic carbocycles. The van der Waals surface area contributed by atoms with Gasteiger partial charge in [-0.1, -0.05) is 19.1 Å². The molecular weight excluding hydrogens is 271 g/mol. The Morgan fingerprint density at radius 2 is 1.75 bits per heavy atom. The summed E-state index contributed by atoms with van der Waals surface area (Å²) in [7, 11) is 0. The molecule has 0 spiro atoms. The van der Waals surface area contributed by atoms with Crippen molar-refractivity contribution in [2.24, 2.45) is 0 Å². The van der Waals surface area contributed by atoms with Crippen molar-refractivity contribution in [3.8, 4) is 0 Å². The number of alkyl halides is 3. The number of carbonyl (C=O) groups is 2. The number of amides is 1. The van der Waals surface area contributed by atoms with E-state index in [0.29, 0.717) is 12.0 Å². The van der Waals surface area contributed by atoms with Gasteiger partial charge in [-0.25, -0.2) is 0 Å². The molecule has 0 radical (unpaired) electrons. The van der Waals surface area contributed by atoms with E-state index in [2.05, 4.69) is 5.32 Å². The number of carbonyl (C=O) groups excluding carboxylic acids is 2. The summed E-state index contributed by atoms with van der Waals surface area (Å²) >= 11 is 0. The lowest BCUT2D eigenvalue weighted by Gasteiger charge is -2.12. The molecule has 1 rings (SSSR count). The van der Waals surface area contributed by atoms with Gasteiger partial charge in [0.15, 0.2) is 5.78 Å². The van der Waals surface area contributed by atoms with Crippen LogP contribution in [0.2, 0.25) is 0 Å². The van der Waals surface area contributed by atoms with E-state index in [1.165, 1.54) is 12.1 Å². The zero-order chi connectivity index (χ0) is 15.3. The van der Waals surface area contributed by atoms with E-state index in [-0.39, 0.29) is 18.1 Å². The highest BCUT2D eigenvalue weighted by Gasteiger charge is 2.30. The molecule has 0 saturated carbocycles. The summed E-state index contributed by atoms with van der Waals surface area (Å²) in [6.07, 6.45) is -4.12. The summed E-state index contributed by atoms with van der Waals surface area (Å²) < 4.78 is 37.1. The van der Waals surface area contributed by atoms with Crippen LogP contribution in [0.5, 0.6) is 0 Å². The molecule has 1 N–H and O–H groups in total.